The van der Waals surface area contributed by atoms with E-state index in [1.54, 1.807) is 23.2 Å². The Labute approximate surface area is 137 Å². The lowest BCUT2D eigenvalue weighted by Crippen LogP contribution is -2.41. The predicted molar refractivity (Wildman–Crippen MR) is 86.7 cm³/mol. The van der Waals surface area contributed by atoms with E-state index >= 15 is 0 Å². The normalized spacial score (nSPS) is 23.1. The third kappa shape index (κ3) is 3.13. The molecule has 1 aromatic heterocycles. The molecule has 3 rings (SSSR count). The van der Waals surface area contributed by atoms with Crippen LogP contribution in [0.1, 0.15) is 38.1 Å². The van der Waals surface area contributed by atoms with Gasteiger partial charge in [-0.15, -0.1) is 0 Å². The van der Waals surface area contributed by atoms with Crippen LogP contribution in [-0.4, -0.2) is 60.4 Å². The van der Waals surface area contributed by atoms with Gasteiger partial charge in [-0.2, -0.15) is 0 Å². The maximum atomic E-state index is 12.4. The molecule has 2 fully saturated rings. The minimum atomic E-state index is -0.507. The fourth-order valence-electron chi connectivity index (χ4n) is 2.58. The van der Waals surface area contributed by atoms with Crippen molar-refractivity contribution in [1.82, 2.24) is 9.88 Å². The van der Waals surface area contributed by atoms with Crippen LogP contribution in [0.25, 0.3) is 0 Å². The zero-order valence-corrected chi connectivity index (χ0v) is 14.2. The number of nitrogens with zero attached hydrogens (tertiary/aromatic N) is 2. The topological polar surface area (TPSA) is 60.9 Å². The van der Waals surface area contributed by atoms with Crippen LogP contribution >= 0.6 is 0 Å². The second-order valence-corrected chi connectivity index (χ2v) is 6.96. The number of rotatable bonds is 2. The van der Waals surface area contributed by atoms with E-state index in [1.807, 2.05) is 27.7 Å². The molecule has 0 aromatic carbocycles. The summed E-state index contributed by atoms with van der Waals surface area (Å²) >= 11 is 0. The summed E-state index contributed by atoms with van der Waals surface area (Å²) in [4.78, 5) is 18.6. The monoisotopic (exact) mass is 318 g/mol. The number of amides is 1. The van der Waals surface area contributed by atoms with Gasteiger partial charge in [0.2, 0.25) is 0 Å². The van der Waals surface area contributed by atoms with Crippen molar-refractivity contribution in [3.05, 3.63) is 23.9 Å². The Morgan fingerprint density at radius 1 is 1.13 bits per heavy atom. The van der Waals surface area contributed by atoms with Gasteiger partial charge in [0.25, 0.3) is 5.91 Å². The molecule has 2 saturated heterocycles. The Hall–Kier alpha value is -1.44. The number of hydrogen-bond donors (Lipinski definition) is 0. The van der Waals surface area contributed by atoms with Crippen LogP contribution in [0.2, 0.25) is 0 Å². The molecule has 2 aliphatic rings. The molecule has 7 heteroatoms. The molecule has 23 heavy (non-hydrogen) atoms. The molecule has 0 unspecified atom stereocenters. The number of carbonyl (C=O) groups is 1. The highest BCUT2D eigenvalue weighted by atomic mass is 16.7. The molecule has 0 saturated carbocycles. The van der Waals surface area contributed by atoms with Gasteiger partial charge < -0.3 is 18.9 Å². The van der Waals surface area contributed by atoms with Crippen molar-refractivity contribution in [2.24, 2.45) is 0 Å². The number of ether oxygens (including phenoxy) is 1. The number of carbonyl (C=O) groups excluding carboxylic acids is 1. The fraction of sp³-hybridized carbons (Fsp3) is 0.625. The average molecular weight is 318 g/mol. The van der Waals surface area contributed by atoms with Gasteiger partial charge in [0, 0.05) is 19.3 Å². The first-order valence-electron chi connectivity index (χ1n) is 7.99. The van der Waals surface area contributed by atoms with Crippen LogP contribution in [0, 0.1) is 0 Å². The van der Waals surface area contributed by atoms with E-state index in [0.717, 1.165) is 0 Å². The quantitative estimate of drug-likeness (QED) is 0.757. The SMILES string of the molecule is CC1(C)OB(c2ccc(C(=O)N3CCOCC3)cn2)OC1(C)C. The molecule has 0 spiro atoms. The number of pyridine rings is 1. The summed E-state index contributed by atoms with van der Waals surface area (Å²) in [5.74, 6) is -0.0127. The summed E-state index contributed by atoms with van der Waals surface area (Å²) in [6.45, 7) is 10.4. The molecule has 0 radical (unpaired) electrons. The molecule has 0 N–H and O–H groups in total. The number of morpholine rings is 1. The third-order valence-electron chi connectivity index (χ3n) is 4.83. The van der Waals surface area contributed by atoms with Gasteiger partial charge in [0.15, 0.2) is 0 Å². The highest BCUT2D eigenvalue weighted by molar-refractivity contribution is 6.61. The molecule has 0 bridgehead atoms. The van der Waals surface area contributed by atoms with Crippen molar-refractivity contribution < 1.29 is 18.8 Å². The molecule has 0 atom stereocenters. The first-order chi connectivity index (χ1) is 10.8. The summed E-state index contributed by atoms with van der Waals surface area (Å²) in [7, 11) is -0.507. The van der Waals surface area contributed by atoms with Crippen molar-refractivity contribution in [2.45, 2.75) is 38.9 Å². The standard InChI is InChI=1S/C16H23BN2O4/c1-15(2)16(3,4)23-17(22-15)13-6-5-12(11-18-13)14(20)19-7-9-21-10-8-19/h5-6,11H,7-10H2,1-4H3. The van der Waals surface area contributed by atoms with E-state index in [1.165, 1.54) is 0 Å². The minimum Gasteiger partial charge on any atom is -0.398 e. The molecule has 3 heterocycles. The second kappa shape index (κ2) is 5.89. The highest BCUT2D eigenvalue weighted by Gasteiger charge is 2.52. The Kier molecular flexibility index (Phi) is 4.20. The van der Waals surface area contributed by atoms with E-state index in [-0.39, 0.29) is 5.91 Å². The van der Waals surface area contributed by atoms with Crippen molar-refractivity contribution in [3.63, 3.8) is 0 Å². The van der Waals surface area contributed by atoms with Gasteiger partial charge in [-0.1, -0.05) is 0 Å². The lowest BCUT2D eigenvalue weighted by molar-refractivity contribution is 0.00578. The zero-order valence-electron chi connectivity index (χ0n) is 14.2. The van der Waals surface area contributed by atoms with E-state index in [9.17, 15) is 4.79 Å². The van der Waals surface area contributed by atoms with Crippen LogP contribution in [-0.2, 0) is 14.0 Å². The van der Waals surface area contributed by atoms with Gasteiger partial charge in [-0.3, -0.25) is 9.78 Å². The Morgan fingerprint density at radius 3 is 2.26 bits per heavy atom. The third-order valence-corrected chi connectivity index (χ3v) is 4.83. The molecule has 124 valence electrons. The van der Waals surface area contributed by atoms with Crippen molar-refractivity contribution in [3.8, 4) is 0 Å². The molecule has 1 aromatic rings. The highest BCUT2D eigenvalue weighted by Crippen LogP contribution is 2.36. The first-order valence-corrected chi connectivity index (χ1v) is 7.99. The lowest BCUT2D eigenvalue weighted by atomic mass is 9.84. The maximum Gasteiger partial charge on any atom is 0.514 e. The largest absolute Gasteiger partial charge is 0.514 e. The van der Waals surface area contributed by atoms with E-state index < -0.39 is 18.3 Å². The number of aromatic nitrogens is 1. The first kappa shape index (κ1) is 16.4. The van der Waals surface area contributed by atoms with E-state index in [0.29, 0.717) is 37.5 Å². The van der Waals surface area contributed by atoms with Gasteiger partial charge in [-0.05, 0) is 39.8 Å². The van der Waals surface area contributed by atoms with Crippen LogP contribution in [0.5, 0.6) is 0 Å². The smallest absolute Gasteiger partial charge is 0.398 e. The van der Waals surface area contributed by atoms with Crippen LogP contribution in [0.15, 0.2) is 18.3 Å². The zero-order chi connectivity index (χ0) is 16.7. The van der Waals surface area contributed by atoms with Gasteiger partial charge in [0.05, 0.1) is 35.6 Å². The predicted octanol–water partition coefficient (Wildman–Crippen LogP) is 0.853. The molecule has 0 aliphatic carbocycles. The lowest BCUT2D eigenvalue weighted by Gasteiger charge is -2.32. The molecule has 6 nitrogen and oxygen atoms in total. The summed E-state index contributed by atoms with van der Waals surface area (Å²) in [6.07, 6.45) is 1.60. The van der Waals surface area contributed by atoms with Crippen molar-refractivity contribution >= 4 is 18.6 Å². The van der Waals surface area contributed by atoms with Crippen molar-refractivity contribution in [2.75, 3.05) is 26.3 Å². The van der Waals surface area contributed by atoms with Crippen LogP contribution in [0.3, 0.4) is 0 Å². The summed E-state index contributed by atoms with van der Waals surface area (Å²) in [5, 5.41) is 0. The van der Waals surface area contributed by atoms with Gasteiger partial charge in [-0.25, -0.2) is 0 Å². The van der Waals surface area contributed by atoms with Gasteiger partial charge in [0.1, 0.15) is 0 Å². The Bertz CT molecular complexity index is 566. The summed E-state index contributed by atoms with van der Waals surface area (Å²) < 4.78 is 17.2. The molecular weight excluding hydrogens is 295 g/mol. The van der Waals surface area contributed by atoms with Crippen LogP contribution < -0.4 is 5.59 Å². The average Bonchev–Trinajstić information content (AvgIpc) is 2.76. The fourth-order valence-corrected chi connectivity index (χ4v) is 2.58. The Morgan fingerprint density at radius 2 is 1.74 bits per heavy atom. The maximum absolute atomic E-state index is 12.4. The summed E-state index contributed by atoms with van der Waals surface area (Å²) in [6, 6.07) is 3.58. The van der Waals surface area contributed by atoms with Crippen LogP contribution in [0.4, 0.5) is 0 Å². The van der Waals surface area contributed by atoms with E-state index in [4.69, 9.17) is 14.0 Å². The van der Waals surface area contributed by atoms with E-state index in [2.05, 4.69) is 4.98 Å². The van der Waals surface area contributed by atoms with Crippen molar-refractivity contribution in [1.29, 1.82) is 0 Å². The Balaban J connectivity index is 1.71. The molecule has 1 amide bonds. The summed E-state index contributed by atoms with van der Waals surface area (Å²) in [5.41, 5.74) is 0.456. The second-order valence-electron chi connectivity index (χ2n) is 6.96. The minimum absolute atomic E-state index is 0.0127. The van der Waals surface area contributed by atoms with Gasteiger partial charge >= 0.3 is 7.12 Å². The molecule has 2 aliphatic heterocycles. The number of hydrogen-bond acceptors (Lipinski definition) is 5. The molecular formula is C16H23BN2O4.